The number of rotatable bonds is 10. The lowest BCUT2D eigenvalue weighted by atomic mass is 10.1. The van der Waals surface area contributed by atoms with Crippen LogP contribution in [-0.2, 0) is 21.2 Å². The second kappa shape index (κ2) is 10.3. The van der Waals surface area contributed by atoms with Gasteiger partial charge in [0.15, 0.2) is 6.10 Å². The summed E-state index contributed by atoms with van der Waals surface area (Å²) in [4.78, 5) is 12.4. The van der Waals surface area contributed by atoms with Gasteiger partial charge < -0.3 is 14.8 Å². The van der Waals surface area contributed by atoms with Gasteiger partial charge in [-0.15, -0.1) is 0 Å². The molecule has 0 aliphatic rings. The Morgan fingerprint density at radius 3 is 2.38 bits per heavy atom. The Kier molecular flexibility index (Phi) is 8.04. The number of carbonyl (C=O) groups excluding carboxylic acids is 1. The molecule has 0 fully saturated rings. The average Bonchev–Trinajstić information content (AvgIpc) is 2.71. The van der Waals surface area contributed by atoms with Crippen LogP contribution >= 0.6 is 0 Å². The van der Waals surface area contributed by atoms with Crippen molar-refractivity contribution in [2.45, 2.75) is 31.3 Å². The first-order chi connectivity index (χ1) is 13.8. The van der Waals surface area contributed by atoms with E-state index in [0.29, 0.717) is 18.0 Å². The third-order valence-electron chi connectivity index (χ3n) is 4.30. The van der Waals surface area contributed by atoms with Crippen LogP contribution in [0.4, 0.5) is 0 Å². The summed E-state index contributed by atoms with van der Waals surface area (Å²) in [6, 6.07) is 13.8. The standard InChI is InChI=1S/C21H28N2O5S/c1-5-17-8-6-7-9-20(17)28-16(2)21(24)22-14-15-27-18-10-12-19(13-11-18)29(25,26)23(3)4/h6-13,16H,5,14-15H2,1-4H3,(H,22,24)/t16-/m0/s1. The molecule has 0 aromatic heterocycles. The molecule has 0 aliphatic carbocycles. The van der Waals surface area contributed by atoms with Crippen molar-refractivity contribution in [2.75, 3.05) is 27.2 Å². The van der Waals surface area contributed by atoms with E-state index in [1.165, 1.54) is 26.2 Å². The molecule has 0 saturated heterocycles. The maximum atomic E-state index is 12.2. The number of nitrogens with one attached hydrogen (secondary N) is 1. The summed E-state index contributed by atoms with van der Waals surface area (Å²) in [6.07, 6.45) is 0.200. The summed E-state index contributed by atoms with van der Waals surface area (Å²) >= 11 is 0. The fourth-order valence-electron chi connectivity index (χ4n) is 2.56. The van der Waals surface area contributed by atoms with Gasteiger partial charge in [-0.25, -0.2) is 12.7 Å². The lowest BCUT2D eigenvalue weighted by Crippen LogP contribution is -2.38. The van der Waals surface area contributed by atoms with Crippen LogP contribution in [0, 0.1) is 0 Å². The summed E-state index contributed by atoms with van der Waals surface area (Å²) in [5, 5.41) is 2.77. The zero-order valence-corrected chi connectivity index (χ0v) is 18.0. The van der Waals surface area contributed by atoms with Crippen molar-refractivity contribution >= 4 is 15.9 Å². The largest absolute Gasteiger partial charge is 0.492 e. The molecule has 0 radical (unpaired) electrons. The number of para-hydroxylation sites is 1. The van der Waals surface area contributed by atoms with Crippen LogP contribution in [0.25, 0.3) is 0 Å². The SMILES string of the molecule is CCc1ccccc1O[C@@H](C)C(=O)NCCOc1ccc(S(=O)(=O)N(C)C)cc1. The highest BCUT2D eigenvalue weighted by atomic mass is 32.2. The minimum absolute atomic E-state index is 0.196. The molecule has 1 N–H and O–H groups in total. The highest BCUT2D eigenvalue weighted by Crippen LogP contribution is 2.20. The van der Waals surface area contributed by atoms with E-state index < -0.39 is 16.1 Å². The van der Waals surface area contributed by atoms with E-state index >= 15 is 0 Å². The molecule has 8 heteroatoms. The van der Waals surface area contributed by atoms with E-state index in [9.17, 15) is 13.2 Å². The van der Waals surface area contributed by atoms with Gasteiger partial charge in [-0.3, -0.25) is 4.79 Å². The van der Waals surface area contributed by atoms with E-state index in [2.05, 4.69) is 5.32 Å². The number of hydrogen-bond acceptors (Lipinski definition) is 5. The molecule has 0 heterocycles. The first-order valence-corrected chi connectivity index (χ1v) is 10.9. The van der Waals surface area contributed by atoms with Crippen LogP contribution in [0.1, 0.15) is 19.4 Å². The minimum atomic E-state index is -3.46. The molecule has 0 unspecified atom stereocenters. The van der Waals surface area contributed by atoms with Crippen molar-refractivity contribution in [1.82, 2.24) is 9.62 Å². The summed E-state index contributed by atoms with van der Waals surface area (Å²) in [5.74, 6) is 1.01. The molecule has 1 amide bonds. The Labute approximate surface area is 172 Å². The summed E-state index contributed by atoms with van der Waals surface area (Å²) in [7, 11) is -0.503. The highest BCUT2D eigenvalue weighted by molar-refractivity contribution is 7.89. The van der Waals surface area contributed by atoms with Crippen LogP contribution in [0.3, 0.4) is 0 Å². The van der Waals surface area contributed by atoms with Crippen molar-refractivity contribution in [3.8, 4) is 11.5 Å². The topological polar surface area (TPSA) is 84.9 Å². The van der Waals surface area contributed by atoms with Gasteiger partial charge >= 0.3 is 0 Å². The van der Waals surface area contributed by atoms with Crippen LogP contribution in [0.2, 0.25) is 0 Å². The third-order valence-corrected chi connectivity index (χ3v) is 6.13. The predicted octanol–water partition coefficient (Wildman–Crippen LogP) is 2.46. The molecule has 7 nitrogen and oxygen atoms in total. The fourth-order valence-corrected chi connectivity index (χ4v) is 3.46. The monoisotopic (exact) mass is 420 g/mol. The van der Waals surface area contributed by atoms with Gasteiger partial charge in [0.2, 0.25) is 10.0 Å². The van der Waals surface area contributed by atoms with Crippen LogP contribution in [0.5, 0.6) is 11.5 Å². The average molecular weight is 421 g/mol. The summed E-state index contributed by atoms with van der Waals surface area (Å²) < 4.78 is 36.6. The quantitative estimate of drug-likeness (QED) is 0.597. The Bertz CT molecular complexity index is 911. The number of ether oxygens (including phenoxy) is 2. The lowest BCUT2D eigenvalue weighted by Gasteiger charge is -2.17. The predicted molar refractivity (Wildman–Crippen MR) is 112 cm³/mol. The van der Waals surface area contributed by atoms with Crippen molar-refractivity contribution in [3.63, 3.8) is 0 Å². The zero-order chi connectivity index (χ0) is 21.4. The van der Waals surface area contributed by atoms with E-state index in [4.69, 9.17) is 9.47 Å². The zero-order valence-electron chi connectivity index (χ0n) is 17.2. The summed E-state index contributed by atoms with van der Waals surface area (Å²) in [5.41, 5.74) is 1.05. The van der Waals surface area contributed by atoms with Gasteiger partial charge in [0.05, 0.1) is 11.4 Å². The Morgan fingerprint density at radius 1 is 1.10 bits per heavy atom. The molecule has 0 spiro atoms. The number of hydrogen-bond donors (Lipinski definition) is 1. The number of amides is 1. The molecule has 2 aromatic carbocycles. The maximum Gasteiger partial charge on any atom is 0.260 e. The number of nitrogens with zero attached hydrogens (tertiary/aromatic N) is 1. The third kappa shape index (κ3) is 6.20. The van der Waals surface area contributed by atoms with Gasteiger partial charge in [0.25, 0.3) is 5.91 Å². The fraction of sp³-hybridized carbons (Fsp3) is 0.381. The van der Waals surface area contributed by atoms with Crippen LogP contribution in [0.15, 0.2) is 53.4 Å². The molecular formula is C21H28N2O5S. The van der Waals surface area contributed by atoms with E-state index in [0.717, 1.165) is 16.3 Å². The van der Waals surface area contributed by atoms with Crippen LogP contribution < -0.4 is 14.8 Å². The van der Waals surface area contributed by atoms with Gasteiger partial charge in [-0.2, -0.15) is 0 Å². The molecular weight excluding hydrogens is 392 g/mol. The Hall–Kier alpha value is -2.58. The second-order valence-corrected chi connectivity index (χ2v) is 8.77. The number of sulfonamides is 1. The number of benzene rings is 2. The molecule has 1 atom stereocenters. The van der Waals surface area contributed by atoms with E-state index in [-0.39, 0.29) is 17.4 Å². The van der Waals surface area contributed by atoms with E-state index in [1.807, 2.05) is 31.2 Å². The molecule has 29 heavy (non-hydrogen) atoms. The normalized spacial score (nSPS) is 12.4. The smallest absolute Gasteiger partial charge is 0.260 e. The number of aryl methyl sites for hydroxylation is 1. The first kappa shape index (κ1) is 22.7. The first-order valence-electron chi connectivity index (χ1n) is 9.43. The van der Waals surface area contributed by atoms with Gasteiger partial charge in [0, 0.05) is 14.1 Å². The summed E-state index contributed by atoms with van der Waals surface area (Å²) in [6.45, 7) is 4.29. The second-order valence-electron chi connectivity index (χ2n) is 6.62. The maximum absolute atomic E-state index is 12.2. The van der Waals surface area contributed by atoms with Crippen LogP contribution in [-0.4, -0.2) is 52.0 Å². The highest BCUT2D eigenvalue weighted by Gasteiger charge is 2.17. The lowest BCUT2D eigenvalue weighted by molar-refractivity contribution is -0.127. The number of carbonyl (C=O) groups is 1. The molecule has 2 rings (SSSR count). The molecule has 2 aromatic rings. The molecule has 0 saturated carbocycles. The molecule has 0 bridgehead atoms. The Morgan fingerprint density at radius 2 is 1.76 bits per heavy atom. The van der Waals surface area contributed by atoms with Gasteiger partial charge in [0.1, 0.15) is 18.1 Å². The van der Waals surface area contributed by atoms with Crippen molar-refractivity contribution in [2.24, 2.45) is 0 Å². The van der Waals surface area contributed by atoms with E-state index in [1.54, 1.807) is 19.1 Å². The van der Waals surface area contributed by atoms with Gasteiger partial charge in [-0.1, -0.05) is 25.1 Å². The molecule has 0 aliphatic heterocycles. The molecule has 158 valence electrons. The van der Waals surface area contributed by atoms with Gasteiger partial charge in [-0.05, 0) is 49.2 Å². The van der Waals surface area contributed by atoms with Crippen molar-refractivity contribution in [1.29, 1.82) is 0 Å². The minimum Gasteiger partial charge on any atom is -0.492 e. The Balaban J connectivity index is 1.79. The van der Waals surface area contributed by atoms with Crippen molar-refractivity contribution in [3.05, 3.63) is 54.1 Å². The van der Waals surface area contributed by atoms with Crippen molar-refractivity contribution < 1.29 is 22.7 Å².